The van der Waals surface area contributed by atoms with E-state index in [9.17, 15) is 24.6 Å². The summed E-state index contributed by atoms with van der Waals surface area (Å²) in [5.74, 6) is -1.98. The Hall–Kier alpha value is -2.51. The molecule has 0 aromatic carbocycles. The van der Waals surface area contributed by atoms with Crippen LogP contribution in [-0.4, -0.2) is 45.3 Å². The van der Waals surface area contributed by atoms with Crippen LogP contribution in [0.3, 0.4) is 0 Å². The minimum atomic E-state index is -1.60. The highest BCUT2D eigenvalue weighted by atomic mass is 16.6. The Morgan fingerprint density at radius 3 is 2.26 bits per heavy atom. The molecule has 2 aliphatic heterocycles. The second-order valence-corrected chi connectivity index (χ2v) is 9.35. The van der Waals surface area contributed by atoms with Gasteiger partial charge < -0.3 is 20.3 Å². The Balaban J connectivity index is 2.06. The van der Waals surface area contributed by atoms with Crippen LogP contribution in [0.2, 0.25) is 0 Å². The first-order chi connectivity index (χ1) is 14.2. The van der Waals surface area contributed by atoms with E-state index < -0.39 is 35.1 Å². The highest BCUT2D eigenvalue weighted by Crippen LogP contribution is 2.49. The zero-order chi connectivity index (χ0) is 23.8. The highest BCUT2D eigenvalue weighted by Gasteiger charge is 2.79. The second-order valence-electron chi connectivity index (χ2n) is 9.35. The van der Waals surface area contributed by atoms with Gasteiger partial charge in [0.25, 0.3) is 5.91 Å². The minimum Gasteiger partial charge on any atom is -0.478 e. The van der Waals surface area contributed by atoms with Gasteiger partial charge in [-0.2, -0.15) is 0 Å². The number of nitrogens with one attached hydrogen (secondary N) is 1. The summed E-state index contributed by atoms with van der Waals surface area (Å²) < 4.78 is 5.29. The van der Waals surface area contributed by atoms with E-state index in [1.807, 2.05) is 39.8 Å². The number of Topliss-reactive ketones (excluding diaryl/α,β-unsaturated/α-hetero) is 1. The molecule has 31 heavy (non-hydrogen) atoms. The molecule has 2 saturated heterocycles. The molecule has 7 heteroatoms. The predicted molar refractivity (Wildman–Crippen MR) is 117 cm³/mol. The molecule has 0 radical (unpaired) electrons. The molecule has 2 rings (SSSR count). The van der Waals surface area contributed by atoms with Crippen LogP contribution in [0.4, 0.5) is 0 Å². The molecule has 7 nitrogen and oxygen atoms in total. The largest absolute Gasteiger partial charge is 0.478 e. The van der Waals surface area contributed by atoms with Crippen LogP contribution in [0.5, 0.6) is 0 Å². The molecule has 0 spiro atoms. The first-order valence-corrected chi connectivity index (χ1v) is 10.4. The van der Waals surface area contributed by atoms with Gasteiger partial charge in [0.05, 0.1) is 5.57 Å². The summed E-state index contributed by atoms with van der Waals surface area (Å²) in [4.78, 5) is 36.4. The molecule has 0 bridgehead atoms. The number of rotatable bonds is 8. The molecule has 1 amide bonds. The van der Waals surface area contributed by atoms with E-state index in [0.29, 0.717) is 24.0 Å². The number of carboxylic acids is 1. The first kappa shape index (κ1) is 24.8. The van der Waals surface area contributed by atoms with Crippen molar-refractivity contribution in [2.75, 3.05) is 0 Å². The molecule has 2 aliphatic rings. The normalized spacial score (nSPS) is 29.5. The van der Waals surface area contributed by atoms with Crippen molar-refractivity contribution in [2.24, 2.45) is 5.41 Å². The van der Waals surface area contributed by atoms with Crippen LogP contribution in [-0.2, 0) is 19.1 Å². The van der Waals surface area contributed by atoms with Crippen molar-refractivity contribution < 1.29 is 29.3 Å². The van der Waals surface area contributed by atoms with Gasteiger partial charge in [0.2, 0.25) is 11.4 Å². The predicted octanol–water partition coefficient (Wildman–Crippen LogP) is 3.21. The Kier molecular flexibility index (Phi) is 6.83. The van der Waals surface area contributed by atoms with Crippen LogP contribution in [0.15, 0.2) is 46.6 Å². The smallest absolute Gasteiger partial charge is 0.335 e. The average molecular weight is 432 g/mol. The number of carboxylic acid groups (broad SMARTS) is 1. The van der Waals surface area contributed by atoms with Gasteiger partial charge in [-0.25, -0.2) is 4.79 Å². The van der Waals surface area contributed by atoms with Crippen LogP contribution >= 0.6 is 0 Å². The van der Waals surface area contributed by atoms with Crippen molar-refractivity contribution >= 4 is 17.7 Å². The standard InChI is InChI=1S/C24H33NO6/c1-8-16(19(27)28)17(22(4,5)6)14(2)12-10-9-11-13-15(3)18(26)24-20(31-24)23(7,30)25-21(24)29/h8,10,12-13,20,30H,9,11H2,1-7H3,(H,25,29)(H,27,28). The van der Waals surface area contributed by atoms with Gasteiger partial charge in [-0.1, -0.05) is 45.1 Å². The number of hydrogen-bond donors (Lipinski definition) is 3. The summed E-state index contributed by atoms with van der Waals surface area (Å²) in [5, 5.41) is 22.0. The van der Waals surface area contributed by atoms with Crippen LogP contribution in [0.25, 0.3) is 0 Å². The number of epoxide rings is 1. The SMILES string of the molecule is CC=C(C(=O)O)C(=C(C)C=CCCC=C(C)C(=O)C12OC1C(C)(O)NC2=O)C(C)(C)C. The fourth-order valence-corrected chi connectivity index (χ4v) is 4.21. The quantitative estimate of drug-likeness (QED) is 0.179. The van der Waals surface area contributed by atoms with Gasteiger partial charge >= 0.3 is 5.97 Å². The van der Waals surface area contributed by atoms with Gasteiger partial charge in [-0.05, 0) is 62.7 Å². The second kappa shape index (κ2) is 8.55. The molecular formula is C24H33NO6. The van der Waals surface area contributed by atoms with E-state index in [2.05, 4.69) is 5.32 Å². The topological polar surface area (TPSA) is 116 Å². The van der Waals surface area contributed by atoms with Crippen LogP contribution < -0.4 is 5.32 Å². The zero-order valence-electron chi connectivity index (χ0n) is 19.3. The van der Waals surface area contributed by atoms with Crippen molar-refractivity contribution in [2.45, 2.75) is 78.7 Å². The molecular weight excluding hydrogens is 398 g/mol. The lowest BCUT2D eigenvalue weighted by Crippen LogP contribution is -2.45. The van der Waals surface area contributed by atoms with Gasteiger partial charge in [-0.15, -0.1) is 0 Å². The summed E-state index contributed by atoms with van der Waals surface area (Å²) in [6, 6.07) is 0. The number of allylic oxidation sites excluding steroid dienone is 5. The van der Waals surface area contributed by atoms with Crippen molar-refractivity contribution in [1.82, 2.24) is 5.32 Å². The molecule has 2 fully saturated rings. The number of ketones is 1. The fraction of sp³-hybridized carbons (Fsp3) is 0.542. The number of amides is 1. The molecule has 3 N–H and O–H groups in total. The van der Waals surface area contributed by atoms with Crippen LogP contribution in [0, 0.1) is 5.41 Å². The third kappa shape index (κ3) is 4.72. The third-order valence-electron chi connectivity index (χ3n) is 5.61. The summed E-state index contributed by atoms with van der Waals surface area (Å²) in [7, 11) is 0. The number of ether oxygens (including phenoxy) is 1. The van der Waals surface area contributed by atoms with E-state index in [1.165, 1.54) is 6.92 Å². The number of carbonyl (C=O) groups is 3. The lowest BCUT2D eigenvalue weighted by atomic mass is 9.79. The Morgan fingerprint density at radius 2 is 1.84 bits per heavy atom. The van der Waals surface area contributed by atoms with Crippen molar-refractivity contribution in [3.63, 3.8) is 0 Å². The number of morpholine rings is 1. The summed E-state index contributed by atoms with van der Waals surface area (Å²) in [6.07, 6.45) is 7.55. The maximum atomic E-state index is 12.7. The van der Waals surface area contributed by atoms with Crippen molar-refractivity contribution in [1.29, 1.82) is 0 Å². The van der Waals surface area contributed by atoms with E-state index >= 15 is 0 Å². The van der Waals surface area contributed by atoms with Crippen LogP contribution in [0.1, 0.15) is 61.3 Å². The maximum absolute atomic E-state index is 12.7. The molecule has 0 aromatic rings. The average Bonchev–Trinajstić information content (AvgIpc) is 3.37. The number of aliphatic carboxylic acids is 1. The molecule has 0 saturated carbocycles. The Morgan fingerprint density at radius 1 is 1.23 bits per heavy atom. The van der Waals surface area contributed by atoms with E-state index in [4.69, 9.17) is 4.74 Å². The molecule has 170 valence electrons. The van der Waals surface area contributed by atoms with Gasteiger partial charge in [-0.3, -0.25) is 9.59 Å². The lowest BCUT2D eigenvalue weighted by molar-refractivity contribution is -0.137. The van der Waals surface area contributed by atoms with E-state index in [1.54, 1.807) is 26.0 Å². The molecule has 2 heterocycles. The summed E-state index contributed by atoms with van der Waals surface area (Å²) >= 11 is 0. The first-order valence-electron chi connectivity index (χ1n) is 10.4. The van der Waals surface area contributed by atoms with E-state index in [-0.39, 0.29) is 5.41 Å². The highest BCUT2D eigenvalue weighted by molar-refractivity contribution is 6.21. The fourth-order valence-electron chi connectivity index (χ4n) is 4.21. The molecule has 3 atom stereocenters. The maximum Gasteiger partial charge on any atom is 0.335 e. The van der Waals surface area contributed by atoms with Crippen molar-refractivity contribution in [3.8, 4) is 0 Å². The van der Waals surface area contributed by atoms with E-state index in [0.717, 1.165) is 11.1 Å². The summed E-state index contributed by atoms with van der Waals surface area (Å²) in [5.41, 5.74) is -1.12. The van der Waals surface area contributed by atoms with Gasteiger partial charge in [0.15, 0.2) is 11.8 Å². The number of unbranched alkanes of at least 4 members (excludes halogenated alkanes) is 1. The zero-order valence-corrected chi connectivity index (χ0v) is 19.3. The third-order valence-corrected chi connectivity index (χ3v) is 5.61. The van der Waals surface area contributed by atoms with Gasteiger partial charge in [0, 0.05) is 0 Å². The Bertz CT molecular complexity index is 913. The monoisotopic (exact) mass is 431 g/mol. The number of aliphatic hydroxyl groups is 1. The van der Waals surface area contributed by atoms with Gasteiger partial charge in [0.1, 0.15) is 0 Å². The summed E-state index contributed by atoms with van der Waals surface area (Å²) in [6.45, 7) is 12.6. The Labute approximate surface area is 183 Å². The number of fused-ring (bicyclic) bond motifs is 1. The molecule has 3 unspecified atom stereocenters. The number of carbonyl (C=O) groups excluding carboxylic acids is 2. The van der Waals surface area contributed by atoms with Crippen molar-refractivity contribution in [3.05, 3.63) is 46.6 Å². The lowest BCUT2D eigenvalue weighted by Gasteiger charge is -2.25. The minimum absolute atomic E-state index is 0.292. The molecule has 0 aliphatic carbocycles. The molecule has 0 aromatic heterocycles. The number of hydrogen-bond acceptors (Lipinski definition) is 5.